The Bertz CT molecular complexity index is 206. The summed E-state index contributed by atoms with van der Waals surface area (Å²) in [5.74, 6) is 0.837. The van der Waals surface area contributed by atoms with Crippen LogP contribution in [0.15, 0.2) is 22.8 Å². The van der Waals surface area contributed by atoms with Gasteiger partial charge in [-0.05, 0) is 26.2 Å². The number of furan rings is 1. The number of likely N-dealkylation sites (N-methyl/N-ethyl adjacent to an activating group) is 1. The Morgan fingerprint density at radius 3 is 2.83 bits per heavy atom. The molecule has 0 fully saturated rings. The van der Waals surface area contributed by atoms with Crippen LogP contribution in [0.25, 0.3) is 0 Å². The molecule has 1 aromatic rings. The summed E-state index contributed by atoms with van der Waals surface area (Å²) in [6.07, 6.45) is 1.87. The molecule has 1 atom stereocenters. The fourth-order valence-electron chi connectivity index (χ4n) is 1.15. The molecule has 1 heterocycles. The van der Waals surface area contributed by atoms with Gasteiger partial charge < -0.3 is 14.4 Å². The van der Waals surface area contributed by atoms with Crippen LogP contribution in [-0.4, -0.2) is 36.8 Å². The number of rotatable bonds is 4. The minimum Gasteiger partial charge on any atom is -0.469 e. The molecule has 0 amide bonds. The topological polar surface area (TPSA) is 36.6 Å². The first-order valence-corrected chi connectivity index (χ1v) is 4.03. The van der Waals surface area contributed by atoms with Crippen LogP contribution in [0.4, 0.5) is 0 Å². The van der Waals surface area contributed by atoms with Gasteiger partial charge in [-0.25, -0.2) is 0 Å². The summed E-state index contributed by atoms with van der Waals surface area (Å²) in [4.78, 5) is 1.95. The van der Waals surface area contributed by atoms with Gasteiger partial charge in [0.05, 0.1) is 12.4 Å². The summed E-state index contributed by atoms with van der Waals surface area (Å²) in [6, 6.07) is 3.70. The lowest BCUT2D eigenvalue weighted by atomic mass is 10.2. The van der Waals surface area contributed by atoms with Crippen molar-refractivity contribution in [3.05, 3.63) is 24.2 Å². The average molecular weight is 169 g/mol. The minimum absolute atomic E-state index is 0.342. The molecular formula is C9H15NO2. The zero-order valence-electron chi connectivity index (χ0n) is 7.53. The minimum atomic E-state index is -0.342. The quantitative estimate of drug-likeness (QED) is 0.722. The summed E-state index contributed by atoms with van der Waals surface area (Å²) >= 11 is 0. The average Bonchev–Trinajstić information content (AvgIpc) is 2.37. The highest BCUT2D eigenvalue weighted by atomic mass is 16.3. The lowest BCUT2D eigenvalue weighted by molar-refractivity contribution is 0.131. The monoisotopic (exact) mass is 169 g/mol. The maximum absolute atomic E-state index is 9.49. The van der Waals surface area contributed by atoms with Crippen molar-refractivity contribution in [2.75, 3.05) is 20.6 Å². The van der Waals surface area contributed by atoms with Crippen molar-refractivity contribution in [2.45, 2.75) is 12.5 Å². The number of hydrogen-bond acceptors (Lipinski definition) is 3. The normalized spacial score (nSPS) is 13.7. The maximum atomic E-state index is 9.49. The fourth-order valence-corrected chi connectivity index (χ4v) is 1.15. The molecule has 3 heteroatoms. The molecular weight excluding hydrogens is 154 g/mol. The summed E-state index contributed by atoms with van der Waals surface area (Å²) < 4.78 is 5.11. The van der Waals surface area contributed by atoms with Crippen molar-refractivity contribution in [3.63, 3.8) is 0 Å². The number of aliphatic hydroxyl groups excluding tert-OH is 1. The van der Waals surface area contributed by atoms with E-state index >= 15 is 0 Å². The third-order valence-electron chi connectivity index (χ3n) is 1.59. The van der Waals surface area contributed by atoms with Crippen molar-refractivity contribution >= 4 is 0 Å². The summed E-state index contributed by atoms with van der Waals surface area (Å²) in [7, 11) is 3.87. The van der Waals surface area contributed by atoms with Crippen molar-refractivity contribution < 1.29 is 9.52 Å². The van der Waals surface area contributed by atoms with Gasteiger partial charge in [0, 0.05) is 13.0 Å². The maximum Gasteiger partial charge on any atom is 0.106 e. The summed E-state index contributed by atoms with van der Waals surface area (Å²) in [5, 5.41) is 9.49. The second kappa shape index (κ2) is 4.28. The van der Waals surface area contributed by atoms with Gasteiger partial charge in [0.25, 0.3) is 0 Å². The number of aliphatic hydroxyl groups is 1. The number of nitrogens with zero attached hydrogens (tertiary/aromatic N) is 1. The standard InChI is InChI=1S/C9H15NO2/c1-10(2)7-8(11)6-9-4-3-5-12-9/h3-5,8,11H,6-7H2,1-2H3. The Hall–Kier alpha value is -0.800. The van der Waals surface area contributed by atoms with E-state index in [1.54, 1.807) is 6.26 Å². The van der Waals surface area contributed by atoms with Crippen molar-refractivity contribution in [1.82, 2.24) is 4.90 Å². The van der Waals surface area contributed by atoms with Gasteiger partial charge in [-0.15, -0.1) is 0 Å². The molecule has 0 aliphatic heterocycles. The van der Waals surface area contributed by atoms with Gasteiger partial charge in [-0.1, -0.05) is 0 Å². The Labute approximate surface area is 72.6 Å². The molecule has 12 heavy (non-hydrogen) atoms. The van der Waals surface area contributed by atoms with Crippen LogP contribution in [0.2, 0.25) is 0 Å². The molecule has 0 aliphatic rings. The molecule has 3 nitrogen and oxygen atoms in total. The molecule has 0 saturated heterocycles. The SMILES string of the molecule is CN(C)CC(O)Cc1ccco1. The molecule has 1 rings (SSSR count). The second-order valence-electron chi connectivity index (χ2n) is 3.20. The van der Waals surface area contributed by atoms with Gasteiger partial charge in [-0.2, -0.15) is 0 Å². The molecule has 1 N–H and O–H groups in total. The van der Waals surface area contributed by atoms with Gasteiger partial charge in [-0.3, -0.25) is 0 Å². The van der Waals surface area contributed by atoms with Crippen LogP contribution in [0.5, 0.6) is 0 Å². The van der Waals surface area contributed by atoms with Crippen molar-refractivity contribution in [2.24, 2.45) is 0 Å². The van der Waals surface area contributed by atoms with Gasteiger partial charge >= 0.3 is 0 Å². The highest BCUT2D eigenvalue weighted by molar-refractivity contribution is 4.99. The molecule has 0 aliphatic carbocycles. The van der Waals surface area contributed by atoms with E-state index in [-0.39, 0.29) is 6.10 Å². The van der Waals surface area contributed by atoms with E-state index in [1.807, 2.05) is 31.1 Å². The lowest BCUT2D eigenvalue weighted by Crippen LogP contribution is -2.27. The summed E-state index contributed by atoms with van der Waals surface area (Å²) in [5.41, 5.74) is 0. The van der Waals surface area contributed by atoms with Crippen LogP contribution < -0.4 is 0 Å². The Balaban J connectivity index is 2.32. The van der Waals surface area contributed by atoms with Crippen molar-refractivity contribution in [1.29, 1.82) is 0 Å². The fraction of sp³-hybridized carbons (Fsp3) is 0.556. The molecule has 0 saturated carbocycles. The van der Waals surface area contributed by atoms with E-state index in [4.69, 9.17) is 4.42 Å². The zero-order valence-corrected chi connectivity index (χ0v) is 7.53. The predicted octanol–water partition coefficient (Wildman–Crippen LogP) is 0.745. The summed E-state index contributed by atoms with van der Waals surface area (Å²) in [6.45, 7) is 0.667. The largest absolute Gasteiger partial charge is 0.469 e. The molecule has 68 valence electrons. The molecule has 0 bridgehead atoms. The van der Waals surface area contributed by atoms with E-state index in [0.717, 1.165) is 5.76 Å². The van der Waals surface area contributed by atoms with Gasteiger partial charge in [0.2, 0.25) is 0 Å². The Morgan fingerprint density at radius 2 is 2.33 bits per heavy atom. The van der Waals surface area contributed by atoms with Crippen LogP contribution in [0.3, 0.4) is 0 Å². The first-order valence-electron chi connectivity index (χ1n) is 4.03. The van der Waals surface area contributed by atoms with E-state index in [0.29, 0.717) is 13.0 Å². The first kappa shape index (κ1) is 9.29. The molecule has 0 radical (unpaired) electrons. The lowest BCUT2D eigenvalue weighted by Gasteiger charge is -2.14. The van der Waals surface area contributed by atoms with Crippen LogP contribution >= 0.6 is 0 Å². The van der Waals surface area contributed by atoms with Gasteiger partial charge in [0.1, 0.15) is 5.76 Å². The predicted molar refractivity (Wildman–Crippen MR) is 47.0 cm³/mol. The van der Waals surface area contributed by atoms with Gasteiger partial charge in [0.15, 0.2) is 0 Å². The third-order valence-corrected chi connectivity index (χ3v) is 1.59. The molecule has 1 unspecified atom stereocenters. The number of hydrogen-bond donors (Lipinski definition) is 1. The molecule has 0 aromatic carbocycles. The van der Waals surface area contributed by atoms with E-state index in [2.05, 4.69) is 0 Å². The van der Waals surface area contributed by atoms with Crippen molar-refractivity contribution in [3.8, 4) is 0 Å². The zero-order chi connectivity index (χ0) is 8.97. The Kier molecular flexibility index (Phi) is 3.31. The van der Waals surface area contributed by atoms with E-state index in [9.17, 15) is 5.11 Å². The molecule has 1 aromatic heterocycles. The van der Waals surface area contributed by atoms with Crippen LogP contribution in [0.1, 0.15) is 5.76 Å². The Morgan fingerprint density at radius 1 is 1.58 bits per heavy atom. The highest BCUT2D eigenvalue weighted by Gasteiger charge is 2.07. The first-order chi connectivity index (χ1) is 5.68. The molecule has 0 spiro atoms. The van der Waals surface area contributed by atoms with E-state index < -0.39 is 0 Å². The van der Waals surface area contributed by atoms with Crippen LogP contribution in [-0.2, 0) is 6.42 Å². The highest BCUT2D eigenvalue weighted by Crippen LogP contribution is 2.04. The second-order valence-corrected chi connectivity index (χ2v) is 3.20. The smallest absolute Gasteiger partial charge is 0.106 e. The third kappa shape index (κ3) is 3.07. The van der Waals surface area contributed by atoms with E-state index in [1.165, 1.54) is 0 Å². The van der Waals surface area contributed by atoms with Crippen LogP contribution in [0, 0.1) is 0 Å².